The van der Waals surface area contributed by atoms with Crippen molar-refractivity contribution in [2.75, 3.05) is 11.9 Å². The van der Waals surface area contributed by atoms with Crippen LogP contribution in [-0.4, -0.2) is 34.5 Å². The van der Waals surface area contributed by atoms with Crippen molar-refractivity contribution in [1.29, 1.82) is 0 Å². The number of hydrogen-bond donors (Lipinski definition) is 3. The lowest BCUT2D eigenvalue weighted by molar-refractivity contribution is -0.116. The summed E-state index contributed by atoms with van der Waals surface area (Å²) >= 11 is 3.38. The highest BCUT2D eigenvalue weighted by Crippen LogP contribution is 2.45. The summed E-state index contributed by atoms with van der Waals surface area (Å²) in [6, 6.07) is 11.3. The number of aromatic nitrogens is 2. The third-order valence-corrected chi connectivity index (χ3v) is 8.74. The molecule has 0 radical (unpaired) electrons. The molecule has 0 spiro atoms. The van der Waals surface area contributed by atoms with Gasteiger partial charge in [-0.15, -0.1) is 22.7 Å². The first-order valence-electron chi connectivity index (χ1n) is 12.2. The maximum atomic E-state index is 12.8. The van der Waals surface area contributed by atoms with Gasteiger partial charge in [-0.3, -0.25) is 9.78 Å². The van der Waals surface area contributed by atoms with E-state index in [0.717, 1.165) is 56.3 Å². The van der Waals surface area contributed by atoms with Crippen molar-refractivity contribution in [1.82, 2.24) is 20.6 Å². The SMILES string of the molecule is CC[C@H](C)NCCC(=O)Nc1sc2c(c1-c1nc3cc(-c4ccncc4)ccc3s1)CC(C)NC2. The molecule has 1 unspecified atom stereocenters. The number of anilines is 1. The highest BCUT2D eigenvalue weighted by Gasteiger charge is 2.27. The van der Waals surface area contributed by atoms with Crippen molar-refractivity contribution in [3.05, 3.63) is 53.2 Å². The molecular formula is C27H31N5OS2. The largest absolute Gasteiger partial charge is 0.317 e. The maximum absolute atomic E-state index is 12.8. The molecule has 1 aromatic carbocycles. The number of hydrogen-bond acceptors (Lipinski definition) is 7. The van der Waals surface area contributed by atoms with E-state index in [2.05, 4.69) is 59.9 Å². The van der Waals surface area contributed by atoms with Crippen LogP contribution in [0.5, 0.6) is 0 Å². The predicted molar refractivity (Wildman–Crippen MR) is 147 cm³/mol. The van der Waals surface area contributed by atoms with Crippen molar-refractivity contribution in [2.45, 2.75) is 58.7 Å². The number of fused-ring (bicyclic) bond motifs is 2. The van der Waals surface area contributed by atoms with Gasteiger partial charge in [0, 0.05) is 54.4 Å². The van der Waals surface area contributed by atoms with Gasteiger partial charge in [0.25, 0.3) is 0 Å². The zero-order chi connectivity index (χ0) is 24.4. The monoisotopic (exact) mass is 505 g/mol. The maximum Gasteiger partial charge on any atom is 0.226 e. The second-order valence-corrected chi connectivity index (χ2v) is 11.3. The topological polar surface area (TPSA) is 78.9 Å². The van der Waals surface area contributed by atoms with Crippen molar-refractivity contribution in [3.63, 3.8) is 0 Å². The number of pyridine rings is 1. The molecule has 3 aromatic heterocycles. The van der Waals surface area contributed by atoms with Crippen molar-refractivity contribution in [2.24, 2.45) is 0 Å². The predicted octanol–water partition coefficient (Wildman–Crippen LogP) is 5.84. The fraction of sp³-hybridized carbons (Fsp3) is 0.370. The van der Waals surface area contributed by atoms with E-state index >= 15 is 0 Å². The molecule has 0 saturated carbocycles. The summed E-state index contributed by atoms with van der Waals surface area (Å²) < 4.78 is 1.15. The third-order valence-electron chi connectivity index (χ3n) is 6.54. The van der Waals surface area contributed by atoms with Crippen LogP contribution >= 0.6 is 22.7 Å². The Hall–Kier alpha value is -2.65. The Bertz CT molecular complexity index is 1330. The quantitative estimate of drug-likeness (QED) is 0.280. The summed E-state index contributed by atoms with van der Waals surface area (Å²) in [6.45, 7) is 8.01. The minimum atomic E-state index is 0.0442. The van der Waals surface area contributed by atoms with Gasteiger partial charge in [-0.25, -0.2) is 4.98 Å². The number of rotatable bonds is 8. The number of carbonyl (C=O) groups is 1. The molecule has 0 fully saturated rings. The second-order valence-electron chi connectivity index (χ2n) is 9.19. The van der Waals surface area contributed by atoms with E-state index in [1.807, 2.05) is 24.5 Å². The van der Waals surface area contributed by atoms with E-state index in [4.69, 9.17) is 4.98 Å². The number of thiazole rings is 1. The Labute approximate surface area is 214 Å². The van der Waals surface area contributed by atoms with Crippen LogP contribution in [0.15, 0.2) is 42.7 Å². The van der Waals surface area contributed by atoms with Gasteiger partial charge < -0.3 is 16.0 Å². The van der Waals surface area contributed by atoms with Gasteiger partial charge in [-0.2, -0.15) is 0 Å². The summed E-state index contributed by atoms with van der Waals surface area (Å²) in [5, 5.41) is 12.1. The van der Waals surface area contributed by atoms with Crippen LogP contribution in [-0.2, 0) is 17.8 Å². The Morgan fingerprint density at radius 1 is 1.20 bits per heavy atom. The Kier molecular flexibility index (Phi) is 7.24. The van der Waals surface area contributed by atoms with Gasteiger partial charge in [0.1, 0.15) is 10.0 Å². The van der Waals surface area contributed by atoms with Crippen LogP contribution in [0.1, 0.15) is 44.1 Å². The summed E-state index contributed by atoms with van der Waals surface area (Å²) in [7, 11) is 0. The van der Waals surface area contributed by atoms with Crippen LogP contribution in [0.3, 0.4) is 0 Å². The van der Waals surface area contributed by atoms with Gasteiger partial charge in [0.2, 0.25) is 5.91 Å². The zero-order valence-electron chi connectivity index (χ0n) is 20.4. The zero-order valence-corrected chi connectivity index (χ0v) is 22.0. The van der Waals surface area contributed by atoms with Crippen LogP contribution in [0.25, 0.3) is 31.9 Å². The van der Waals surface area contributed by atoms with E-state index in [1.165, 1.54) is 10.4 Å². The summed E-state index contributed by atoms with van der Waals surface area (Å²) in [6.07, 6.45) is 6.06. The van der Waals surface area contributed by atoms with Crippen molar-refractivity contribution < 1.29 is 4.79 Å². The molecule has 2 atom stereocenters. The fourth-order valence-electron chi connectivity index (χ4n) is 4.35. The van der Waals surface area contributed by atoms with Crippen molar-refractivity contribution >= 4 is 43.8 Å². The molecule has 4 heterocycles. The molecule has 1 amide bonds. The smallest absolute Gasteiger partial charge is 0.226 e. The van der Waals surface area contributed by atoms with Crippen LogP contribution in [0, 0.1) is 0 Å². The van der Waals surface area contributed by atoms with E-state index in [-0.39, 0.29) is 5.91 Å². The third kappa shape index (κ3) is 5.30. The number of amides is 1. The Morgan fingerprint density at radius 2 is 2.03 bits per heavy atom. The summed E-state index contributed by atoms with van der Waals surface area (Å²) in [5.41, 5.74) is 5.67. The van der Waals surface area contributed by atoms with E-state index in [1.54, 1.807) is 22.7 Å². The number of nitrogens with one attached hydrogen (secondary N) is 3. The molecule has 182 valence electrons. The molecule has 35 heavy (non-hydrogen) atoms. The average molecular weight is 506 g/mol. The Balaban J connectivity index is 1.47. The molecule has 0 aliphatic carbocycles. The van der Waals surface area contributed by atoms with Gasteiger partial charge in [-0.05, 0) is 67.6 Å². The van der Waals surface area contributed by atoms with E-state index in [0.29, 0.717) is 25.0 Å². The van der Waals surface area contributed by atoms with Gasteiger partial charge in [0.05, 0.1) is 10.2 Å². The van der Waals surface area contributed by atoms with E-state index in [9.17, 15) is 4.79 Å². The molecule has 0 saturated heterocycles. The minimum Gasteiger partial charge on any atom is -0.317 e. The van der Waals surface area contributed by atoms with E-state index < -0.39 is 0 Å². The van der Waals surface area contributed by atoms with Crippen LogP contribution < -0.4 is 16.0 Å². The van der Waals surface area contributed by atoms with Gasteiger partial charge in [-0.1, -0.05) is 13.0 Å². The first kappa shape index (κ1) is 24.1. The molecule has 5 rings (SSSR count). The molecule has 1 aliphatic rings. The van der Waals surface area contributed by atoms with Crippen molar-refractivity contribution in [3.8, 4) is 21.7 Å². The summed E-state index contributed by atoms with van der Waals surface area (Å²) in [4.78, 5) is 23.3. The number of benzene rings is 1. The van der Waals surface area contributed by atoms with Gasteiger partial charge in [0.15, 0.2) is 0 Å². The van der Waals surface area contributed by atoms with Gasteiger partial charge >= 0.3 is 0 Å². The lowest BCUT2D eigenvalue weighted by atomic mass is 9.99. The molecule has 0 bridgehead atoms. The Morgan fingerprint density at radius 3 is 2.83 bits per heavy atom. The standard InChI is InChI=1S/C27H31N5OS2/c1-4-16(2)29-12-9-24(33)32-27-25(20-13-17(3)30-15-23(20)35-27)26-31-21-14-19(5-6-22(21)34-26)18-7-10-28-11-8-18/h5-8,10-11,14,16-17,29-30H,4,9,12-13,15H2,1-3H3,(H,32,33)/t16-,17?/m0/s1. The van der Waals surface area contributed by atoms with Crippen LogP contribution in [0.4, 0.5) is 5.00 Å². The number of thiophene rings is 1. The first-order chi connectivity index (χ1) is 17.0. The molecule has 4 aromatic rings. The molecule has 3 N–H and O–H groups in total. The molecular weight excluding hydrogens is 474 g/mol. The molecule has 1 aliphatic heterocycles. The minimum absolute atomic E-state index is 0.0442. The average Bonchev–Trinajstić information content (AvgIpc) is 3.44. The fourth-order valence-corrected chi connectivity index (χ4v) is 6.64. The number of carbonyl (C=O) groups excluding carboxylic acids is 1. The highest BCUT2D eigenvalue weighted by atomic mass is 32.1. The molecule has 8 heteroatoms. The van der Waals surface area contributed by atoms with Crippen LogP contribution in [0.2, 0.25) is 0 Å². The lowest BCUT2D eigenvalue weighted by Crippen LogP contribution is -2.32. The lowest BCUT2D eigenvalue weighted by Gasteiger charge is -2.20. The molecule has 6 nitrogen and oxygen atoms in total. The normalized spacial score (nSPS) is 16.3. The highest BCUT2D eigenvalue weighted by molar-refractivity contribution is 7.23. The summed E-state index contributed by atoms with van der Waals surface area (Å²) in [5.74, 6) is 0.0442. The first-order valence-corrected chi connectivity index (χ1v) is 13.9. The second kappa shape index (κ2) is 10.5. The number of nitrogens with zero attached hydrogens (tertiary/aromatic N) is 2.